The minimum Gasteiger partial charge on any atom is -0.326 e. The highest BCUT2D eigenvalue weighted by molar-refractivity contribution is 7.99. The van der Waals surface area contributed by atoms with Crippen LogP contribution in [-0.4, -0.2) is 4.98 Å². The number of benzene rings is 2. The van der Waals surface area contributed by atoms with Crippen molar-refractivity contribution in [3.8, 4) is 0 Å². The molecule has 0 aliphatic rings. The van der Waals surface area contributed by atoms with Gasteiger partial charge in [0.25, 0.3) is 0 Å². The Bertz CT molecular complexity index is 805. The molecule has 0 spiro atoms. The molecule has 0 amide bonds. The lowest BCUT2D eigenvalue weighted by molar-refractivity contribution is 0.565. The van der Waals surface area contributed by atoms with Crippen molar-refractivity contribution in [3.63, 3.8) is 0 Å². The van der Waals surface area contributed by atoms with Crippen LogP contribution in [0.1, 0.15) is 5.56 Å². The van der Waals surface area contributed by atoms with Gasteiger partial charge in [-0.1, -0.05) is 30.0 Å². The van der Waals surface area contributed by atoms with E-state index in [9.17, 15) is 8.78 Å². The predicted molar refractivity (Wildman–Crippen MR) is 80.1 cm³/mol. The van der Waals surface area contributed by atoms with Gasteiger partial charge in [0, 0.05) is 22.9 Å². The Morgan fingerprint density at radius 2 is 1.86 bits per heavy atom. The van der Waals surface area contributed by atoms with Crippen LogP contribution in [0, 0.1) is 11.6 Å². The van der Waals surface area contributed by atoms with E-state index in [-0.39, 0.29) is 0 Å². The Balaban J connectivity index is 2.06. The van der Waals surface area contributed by atoms with E-state index < -0.39 is 11.6 Å². The molecule has 0 unspecified atom stereocenters. The lowest BCUT2D eigenvalue weighted by Gasteiger charge is -2.09. The standard InChI is InChI=1S/C16H12F2N2S/c17-12-5-6-15(13(18)8-12)21-16-11(9-19)7-10-3-1-2-4-14(10)20-16/h1-8H,9,19H2. The van der Waals surface area contributed by atoms with Crippen LogP contribution in [0.2, 0.25) is 0 Å². The average Bonchev–Trinajstić information content (AvgIpc) is 2.49. The zero-order chi connectivity index (χ0) is 14.8. The largest absolute Gasteiger partial charge is 0.326 e. The number of nitrogens with zero attached hydrogens (tertiary/aromatic N) is 1. The van der Waals surface area contributed by atoms with E-state index in [1.165, 1.54) is 12.1 Å². The zero-order valence-electron chi connectivity index (χ0n) is 11.0. The van der Waals surface area contributed by atoms with Crippen LogP contribution >= 0.6 is 11.8 Å². The van der Waals surface area contributed by atoms with Crippen LogP contribution in [0.4, 0.5) is 8.78 Å². The number of fused-ring (bicyclic) bond motifs is 1. The number of hydrogen-bond donors (Lipinski definition) is 1. The molecule has 3 aromatic rings. The smallest absolute Gasteiger partial charge is 0.140 e. The Labute approximate surface area is 125 Å². The van der Waals surface area contributed by atoms with E-state index in [0.29, 0.717) is 16.5 Å². The van der Waals surface area contributed by atoms with Gasteiger partial charge in [-0.05, 0) is 29.8 Å². The van der Waals surface area contributed by atoms with Crippen LogP contribution in [0.3, 0.4) is 0 Å². The highest BCUT2D eigenvalue weighted by atomic mass is 32.2. The van der Waals surface area contributed by atoms with Crippen LogP contribution in [0.25, 0.3) is 10.9 Å². The molecule has 0 aliphatic heterocycles. The molecule has 0 saturated heterocycles. The molecule has 0 bridgehead atoms. The SMILES string of the molecule is NCc1cc2ccccc2nc1Sc1ccc(F)cc1F. The molecule has 5 heteroatoms. The summed E-state index contributed by atoms with van der Waals surface area (Å²) in [5.41, 5.74) is 7.41. The van der Waals surface area contributed by atoms with Crippen molar-refractivity contribution in [2.75, 3.05) is 0 Å². The van der Waals surface area contributed by atoms with Crippen molar-refractivity contribution in [2.24, 2.45) is 5.73 Å². The second-order valence-electron chi connectivity index (χ2n) is 4.53. The van der Waals surface area contributed by atoms with Gasteiger partial charge in [-0.2, -0.15) is 0 Å². The van der Waals surface area contributed by atoms with Crippen LogP contribution < -0.4 is 5.73 Å². The minimum absolute atomic E-state index is 0.309. The first-order valence-electron chi connectivity index (χ1n) is 6.39. The molecule has 1 heterocycles. The van der Waals surface area contributed by atoms with Gasteiger partial charge in [0.15, 0.2) is 0 Å². The Hall–Kier alpha value is -1.98. The Morgan fingerprint density at radius 1 is 1.05 bits per heavy atom. The normalized spacial score (nSPS) is 11.0. The number of hydrogen-bond acceptors (Lipinski definition) is 3. The molecule has 0 fully saturated rings. The summed E-state index contributed by atoms with van der Waals surface area (Å²) in [5, 5.41) is 1.63. The molecular weight excluding hydrogens is 290 g/mol. The monoisotopic (exact) mass is 302 g/mol. The van der Waals surface area contributed by atoms with Gasteiger partial charge in [0.2, 0.25) is 0 Å². The zero-order valence-corrected chi connectivity index (χ0v) is 11.8. The van der Waals surface area contributed by atoms with Crippen LogP contribution in [-0.2, 0) is 6.54 Å². The van der Waals surface area contributed by atoms with E-state index in [0.717, 1.165) is 34.3 Å². The molecule has 1 aromatic heterocycles. The van der Waals surface area contributed by atoms with Crippen molar-refractivity contribution in [1.82, 2.24) is 4.98 Å². The molecule has 0 radical (unpaired) electrons. The van der Waals surface area contributed by atoms with Gasteiger partial charge in [-0.25, -0.2) is 13.8 Å². The maximum atomic E-state index is 13.8. The molecule has 0 atom stereocenters. The van der Waals surface area contributed by atoms with Crippen molar-refractivity contribution >= 4 is 22.7 Å². The third-order valence-electron chi connectivity index (χ3n) is 3.08. The Kier molecular flexibility index (Phi) is 3.86. The van der Waals surface area contributed by atoms with E-state index >= 15 is 0 Å². The summed E-state index contributed by atoms with van der Waals surface area (Å²) in [7, 11) is 0. The summed E-state index contributed by atoms with van der Waals surface area (Å²) in [6.07, 6.45) is 0. The summed E-state index contributed by atoms with van der Waals surface area (Å²) in [6.45, 7) is 0.309. The van der Waals surface area contributed by atoms with Gasteiger partial charge >= 0.3 is 0 Å². The van der Waals surface area contributed by atoms with Crippen molar-refractivity contribution < 1.29 is 8.78 Å². The first kappa shape index (κ1) is 14.0. The fourth-order valence-corrected chi connectivity index (χ4v) is 2.96. The second kappa shape index (κ2) is 5.79. The summed E-state index contributed by atoms with van der Waals surface area (Å²) in [6, 6.07) is 13.1. The van der Waals surface area contributed by atoms with E-state index in [4.69, 9.17) is 5.73 Å². The number of halogens is 2. The van der Waals surface area contributed by atoms with Gasteiger partial charge in [-0.15, -0.1) is 0 Å². The number of pyridine rings is 1. The third-order valence-corrected chi connectivity index (χ3v) is 4.18. The maximum absolute atomic E-state index is 13.8. The first-order chi connectivity index (χ1) is 10.2. The van der Waals surface area contributed by atoms with Crippen molar-refractivity contribution in [3.05, 3.63) is 65.7 Å². The van der Waals surface area contributed by atoms with Gasteiger partial charge in [0.05, 0.1) is 5.52 Å². The fourth-order valence-electron chi connectivity index (χ4n) is 2.04. The molecule has 2 N–H and O–H groups in total. The molecule has 2 nitrogen and oxygen atoms in total. The number of nitrogens with two attached hydrogens (primary N) is 1. The summed E-state index contributed by atoms with van der Waals surface area (Å²) in [4.78, 5) is 4.86. The van der Waals surface area contributed by atoms with E-state index in [1.807, 2.05) is 30.3 Å². The average molecular weight is 302 g/mol. The number of rotatable bonds is 3. The Morgan fingerprint density at radius 3 is 2.62 bits per heavy atom. The molecule has 106 valence electrons. The molecule has 2 aromatic carbocycles. The number of aromatic nitrogens is 1. The van der Waals surface area contributed by atoms with E-state index in [2.05, 4.69) is 4.98 Å². The predicted octanol–water partition coefficient (Wildman–Crippen LogP) is 4.12. The van der Waals surface area contributed by atoms with E-state index in [1.54, 1.807) is 0 Å². The highest BCUT2D eigenvalue weighted by Crippen LogP contribution is 2.32. The lowest BCUT2D eigenvalue weighted by atomic mass is 10.1. The molecular formula is C16H12F2N2S. The topological polar surface area (TPSA) is 38.9 Å². The fraction of sp³-hybridized carbons (Fsp3) is 0.0625. The summed E-state index contributed by atoms with van der Waals surface area (Å²) >= 11 is 1.16. The van der Waals surface area contributed by atoms with Crippen LogP contribution in [0.5, 0.6) is 0 Å². The number of para-hydroxylation sites is 1. The van der Waals surface area contributed by atoms with Gasteiger partial charge in [-0.3, -0.25) is 0 Å². The molecule has 3 rings (SSSR count). The van der Waals surface area contributed by atoms with Crippen LogP contribution in [0.15, 0.2) is 58.5 Å². The first-order valence-corrected chi connectivity index (χ1v) is 7.20. The van der Waals surface area contributed by atoms with Crippen molar-refractivity contribution in [2.45, 2.75) is 16.5 Å². The quantitative estimate of drug-likeness (QED) is 0.791. The van der Waals surface area contributed by atoms with Crippen molar-refractivity contribution in [1.29, 1.82) is 0 Å². The second-order valence-corrected chi connectivity index (χ2v) is 5.56. The molecule has 0 saturated carbocycles. The summed E-state index contributed by atoms with van der Waals surface area (Å²) < 4.78 is 26.7. The molecule has 0 aliphatic carbocycles. The summed E-state index contributed by atoms with van der Waals surface area (Å²) in [5.74, 6) is -1.19. The van der Waals surface area contributed by atoms with Gasteiger partial charge < -0.3 is 5.73 Å². The third kappa shape index (κ3) is 2.89. The minimum atomic E-state index is -0.599. The highest BCUT2D eigenvalue weighted by Gasteiger charge is 2.11. The van der Waals surface area contributed by atoms with Gasteiger partial charge in [0.1, 0.15) is 16.7 Å². The molecule has 21 heavy (non-hydrogen) atoms. The lowest BCUT2D eigenvalue weighted by Crippen LogP contribution is -2.01. The maximum Gasteiger partial charge on any atom is 0.140 e.